The second-order valence-corrected chi connectivity index (χ2v) is 8.20. The normalized spacial score (nSPS) is 20.4. The molecule has 0 aromatic heterocycles. The van der Waals surface area contributed by atoms with Gasteiger partial charge in [-0.3, -0.25) is 0 Å². The van der Waals surface area contributed by atoms with E-state index in [1.54, 1.807) is 0 Å². The van der Waals surface area contributed by atoms with Crippen LogP contribution in [0.4, 0.5) is 0 Å². The van der Waals surface area contributed by atoms with E-state index < -0.39 is 0 Å². The van der Waals surface area contributed by atoms with Crippen LogP contribution in [0.15, 0.2) is 24.3 Å². The molecule has 1 saturated heterocycles. The first-order valence-corrected chi connectivity index (χ1v) is 8.55. The van der Waals surface area contributed by atoms with Crippen molar-refractivity contribution in [3.8, 4) is 0 Å². The molecule has 1 fully saturated rings. The van der Waals surface area contributed by atoms with Crippen LogP contribution in [-0.4, -0.2) is 18.3 Å². The van der Waals surface area contributed by atoms with Crippen LogP contribution in [0.2, 0.25) is 0 Å². The number of hydrogen-bond acceptors (Lipinski definition) is 2. The van der Waals surface area contributed by atoms with Crippen molar-refractivity contribution in [2.45, 2.75) is 84.3 Å². The third-order valence-corrected chi connectivity index (χ3v) is 5.37. The minimum absolute atomic E-state index is 0.227. The molecule has 2 rings (SSSR count). The van der Waals surface area contributed by atoms with Crippen molar-refractivity contribution in [3.63, 3.8) is 0 Å². The highest BCUT2D eigenvalue weighted by Gasteiger charge is 2.51. The molecule has 3 heteroatoms. The zero-order valence-electron chi connectivity index (χ0n) is 15.3. The summed E-state index contributed by atoms with van der Waals surface area (Å²) >= 11 is 0. The molecule has 1 aromatic carbocycles. The van der Waals surface area contributed by atoms with Gasteiger partial charge in [-0.15, -0.1) is 0 Å². The molecule has 1 heterocycles. The molecule has 0 unspecified atom stereocenters. The Labute approximate surface area is 136 Å². The van der Waals surface area contributed by atoms with Gasteiger partial charge in [-0.2, -0.15) is 0 Å². The molecule has 0 bridgehead atoms. The van der Waals surface area contributed by atoms with Gasteiger partial charge in [0, 0.05) is 0 Å². The van der Waals surface area contributed by atoms with Crippen molar-refractivity contribution in [2.24, 2.45) is 0 Å². The van der Waals surface area contributed by atoms with Crippen LogP contribution in [0.1, 0.15) is 73.3 Å². The molecule has 0 saturated carbocycles. The third-order valence-electron chi connectivity index (χ3n) is 5.37. The molecule has 122 valence electrons. The number of unbranched alkanes of at least 4 members (excludes halogenated alkanes) is 1. The Balaban J connectivity index is 2.13. The number of benzene rings is 1. The Morgan fingerprint density at radius 1 is 0.955 bits per heavy atom. The SMILES string of the molecule is CCCCC(C)(C)c1ccc(B2OC(C)(C)C(C)(C)O2)cc1. The molecule has 1 aromatic rings. The van der Waals surface area contributed by atoms with E-state index in [9.17, 15) is 0 Å². The Hall–Kier alpha value is -0.795. The lowest BCUT2D eigenvalue weighted by Gasteiger charge is -2.32. The van der Waals surface area contributed by atoms with E-state index in [4.69, 9.17) is 9.31 Å². The fourth-order valence-electron chi connectivity index (χ4n) is 2.83. The molecule has 1 aliphatic heterocycles. The van der Waals surface area contributed by atoms with Crippen LogP contribution in [0, 0.1) is 0 Å². The van der Waals surface area contributed by atoms with E-state index in [-0.39, 0.29) is 23.7 Å². The van der Waals surface area contributed by atoms with Gasteiger partial charge in [-0.1, -0.05) is 57.9 Å². The van der Waals surface area contributed by atoms with E-state index >= 15 is 0 Å². The van der Waals surface area contributed by atoms with Crippen LogP contribution in [0.5, 0.6) is 0 Å². The molecule has 0 aliphatic carbocycles. The van der Waals surface area contributed by atoms with Crippen LogP contribution in [-0.2, 0) is 14.7 Å². The van der Waals surface area contributed by atoms with Crippen molar-refractivity contribution in [1.82, 2.24) is 0 Å². The highest BCUT2D eigenvalue weighted by molar-refractivity contribution is 6.62. The predicted octanol–water partition coefficient (Wildman–Crippen LogP) is 4.45. The summed E-state index contributed by atoms with van der Waals surface area (Å²) in [6.45, 7) is 15.3. The van der Waals surface area contributed by atoms with Gasteiger partial charge in [0.05, 0.1) is 11.2 Å². The van der Waals surface area contributed by atoms with Crippen molar-refractivity contribution in [1.29, 1.82) is 0 Å². The van der Waals surface area contributed by atoms with Gasteiger partial charge in [-0.05, 0) is 50.6 Å². The third kappa shape index (κ3) is 3.41. The monoisotopic (exact) mass is 302 g/mol. The summed E-state index contributed by atoms with van der Waals surface area (Å²) < 4.78 is 12.2. The van der Waals surface area contributed by atoms with Crippen LogP contribution in [0.25, 0.3) is 0 Å². The van der Waals surface area contributed by atoms with Crippen molar-refractivity contribution < 1.29 is 9.31 Å². The lowest BCUT2D eigenvalue weighted by molar-refractivity contribution is 0.00578. The molecular formula is C19H31BO2. The van der Waals surface area contributed by atoms with Crippen molar-refractivity contribution in [3.05, 3.63) is 29.8 Å². The standard InChI is InChI=1S/C19H31BO2/c1-8-9-14-17(2,3)15-10-12-16(13-11-15)20-21-18(4,5)19(6,7)22-20/h10-13H,8-9,14H2,1-7H3. The predicted molar refractivity (Wildman–Crippen MR) is 94.7 cm³/mol. The topological polar surface area (TPSA) is 18.5 Å². The van der Waals surface area contributed by atoms with Gasteiger partial charge in [0.1, 0.15) is 0 Å². The van der Waals surface area contributed by atoms with Gasteiger partial charge in [-0.25, -0.2) is 0 Å². The molecule has 0 spiro atoms. The van der Waals surface area contributed by atoms with Gasteiger partial charge in [0.15, 0.2) is 0 Å². The highest BCUT2D eigenvalue weighted by atomic mass is 16.7. The maximum atomic E-state index is 6.12. The molecular weight excluding hydrogens is 271 g/mol. The summed E-state index contributed by atoms with van der Waals surface area (Å²) in [5.41, 5.74) is 2.16. The van der Waals surface area contributed by atoms with Crippen molar-refractivity contribution >= 4 is 12.6 Å². The summed E-state index contributed by atoms with van der Waals surface area (Å²) in [7, 11) is -0.266. The average Bonchev–Trinajstić information content (AvgIpc) is 2.65. The number of hydrogen-bond donors (Lipinski definition) is 0. The zero-order chi connectivity index (χ0) is 16.6. The lowest BCUT2D eigenvalue weighted by Crippen LogP contribution is -2.41. The first-order valence-electron chi connectivity index (χ1n) is 8.55. The summed E-state index contributed by atoms with van der Waals surface area (Å²) in [5, 5.41) is 0. The Morgan fingerprint density at radius 3 is 1.91 bits per heavy atom. The van der Waals surface area contributed by atoms with Crippen LogP contribution < -0.4 is 5.46 Å². The minimum atomic E-state index is -0.281. The Bertz CT molecular complexity index is 487. The van der Waals surface area contributed by atoms with E-state index in [1.807, 2.05) is 0 Å². The molecule has 1 aliphatic rings. The summed E-state index contributed by atoms with van der Waals surface area (Å²) in [5.74, 6) is 0. The van der Waals surface area contributed by atoms with Crippen LogP contribution in [0.3, 0.4) is 0 Å². The van der Waals surface area contributed by atoms with Crippen molar-refractivity contribution in [2.75, 3.05) is 0 Å². The molecule has 0 atom stereocenters. The summed E-state index contributed by atoms with van der Waals surface area (Å²) in [4.78, 5) is 0. The summed E-state index contributed by atoms with van der Waals surface area (Å²) in [6, 6.07) is 8.78. The fourth-order valence-corrected chi connectivity index (χ4v) is 2.83. The van der Waals surface area contributed by atoms with E-state index in [1.165, 1.54) is 24.8 Å². The Kier molecular flexibility index (Phi) is 4.80. The summed E-state index contributed by atoms with van der Waals surface area (Å²) in [6.07, 6.45) is 3.74. The maximum Gasteiger partial charge on any atom is 0.494 e. The first kappa shape index (κ1) is 17.6. The van der Waals surface area contributed by atoms with Gasteiger partial charge >= 0.3 is 7.12 Å². The molecule has 0 N–H and O–H groups in total. The second kappa shape index (κ2) is 6.01. The van der Waals surface area contributed by atoms with Crippen LogP contribution >= 0.6 is 0 Å². The molecule has 0 amide bonds. The van der Waals surface area contributed by atoms with E-state index in [0.717, 1.165) is 5.46 Å². The maximum absolute atomic E-state index is 6.12. The quantitative estimate of drug-likeness (QED) is 0.748. The fraction of sp³-hybridized carbons (Fsp3) is 0.684. The average molecular weight is 302 g/mol. The second-order valence-electron chi connectivity index (χ2n) is 8.20. The van der Waals surface area contributed by atoms with Gasteiger partial charge < -0.3 is 9.31 Å². The highest BCUT2D eigenvalue weighted by Crippen LogP contribution is 2.36. The minimum Gasteiger partial charge on any atom is -0.399 e. The molecule has 22 heavy (non-hydrogen) atoms. The lowest BCUT2D eigenvalue weighted by atomic mass is 9.75. The molecule has 2 nitrogen and oxygen atoms in total. The largest absolute Gasteiger partial charge is 0.494 e. The van der Waals surface area contributed by atoms with E-state index in [0.29, 0.717) is 0 Å². The van der Waals surface area contributed by atoms with Gasteiger partial charge in [0.25, 0.3) is 0 Å². The Morgan fingerprint density at radius 2 is 1.45 bits per heavy atom. The zero-order valence-corrected chi connectivity index (χ0v) is 15.3. The van der Waals surface area contributed by atoms with Gasteiger partial charge in [0.2, 0.25) is 0 Å². The molecule has 0 radical (unpaired) electrons. The smallest absolute Gasteiger partial charge is 0.399 e. The first-order chi connectivity index (χ1) is 10.1. The van der Waals surface area contributed by atoms with E-state index in [2.05, 4.69) is 72.7 Å². The number of rotatable bonds is 5.